The molecular formula is C29H40O8. The predicted octanol–water partition coefficient (Wildman–Crippen LogP) is 3.35. The van der Waals surface area contributed by atoms with Crippen LogP contribution in [-0.2, 0) is 33.4 Å². The van der Waals surface area contributed by atoms with Crippen LogP contribution in [0.4, 0.5) is 0 Å². The molecule has 0 aromatic rings. The molecule has 0 amide bonds. The molecule has 8 nitrogen and oxygen atoms in total. The molecule has 3 saturated carbocycles. The second-order valence-electron chi connectivity index (χ2n) is 11.8. The van der Waals surface area contributed by atoms with Crippen molar-refractivity contribution in [3.05, 3.63) is 23.8 Å². The first-order chi connectivity index (χ1) is 17.4. The van der Waals surface area contributed by atoms with Crippen LogP contribution in [0.25, 0.3) is 0 Å². The highest BCUT2D eigenvalue weighted by molar-refractivity contribution is 6.01. The Labute approximate surface area is 218 Å². The number of hydrogen-bond donors (Lipinski definition) is 1. The molecule has 0 heterocycles. The zero-order valence-corrected chi connectivity index (χ0v) is 22.6. The summed E-state index contributed by atoms with van der Waals surface area (Å²) in [7, 11) is 1.38. The molecule has 8 atom stereocenters. The van der Waals surface area contributed by atoms with Crippen LogP contribution in [-0.4, -0.2) is 60.6 Å². The summed E-state index contributed by atoms with van der Waals surface area (Å²) in [4.78, 5) is 50.8. The van der Waals surface area contributed by atoms with E-state index < -0.39 is 46.9 Å². The van der Waals surface area contributed by atoms with Crippen LogP contribution >= 0.6 is 0 Å². The van der Waals surface area contributed by atoms with Gasteiger partial charge in [0, 0.05) is 30.3 Å². The zero-order chi connectivity index (χ0) is 27.2. The largest absolute Gasteiger partial charge is 0.457 e. The summed E-state index contributed by atoms with van der Waals surface area (Å²) in [6.07, 6.45) is 7.26. The molecule has 0 saturated heterocycles. The van der Waals surface area contributed by atoms with Gasteiger partial charge in [-0.1, -0.05) is 39.3 Å². The van der Waals surface area contributed by atoms with Gasteiger partial charge in [0.05, 0.1) is 6.10 Å². The van der Waals surface area contributed by atoms with Gasteiger partial charge in [-0.2, -0.15) is 0 Å². The van der Waals surface area contributed by atoms with Crippen LogP contribution in [0.2, 0.25) is 0 Å². The van der Waals surface area contributed by atoms with Crippen molar-refractivity contribution in [2.45, 2.75) is 77.9 Å². The van der Waals surface area contributed by atoms with Crippen LogP contribution < -0.4 is 0 Å². The first kappa shape index (κ1) is 27.7. The maximum Gasteiger partial charge on any atom is 0.333 e. The van der Waals surface area contributed by atoms with E-state index in [2.05, 4.69) is 13.8 Å². The lowest BCUT2D eigenvalue weighted by Crippen LogP contribution is -2.63. The van der Waals surface area contributed by atoms with Crippen LogP contribution in [0.15, 0.2) is 23.8 Å². The summed E-state index contributed by atoms with van der Waals surface area (Å²) in [6, 6.07) is 0. The minimum Gasteiger partial charge on any atom is -0.457 e. The summed E-state index contributed by atoms with van der Waals surface area (Å²) in [5, 5.41) is 11.7. The zero-order valence-electron chi connectivity index (χ0n) is 22.6. The summed E-state index contributed by atoms with van der Waals surface area (Å²) >= 11 is 0. The van der Waals surface area contributed by atoms with Crippen molar-refractivity contribution in [1.29, 1.82) is 0 Å². The number of ether oxygens (including phenoxy) is 3. The molecule has 0 bridgehead atoms. The van der Waals surface area contributed by atoms with Crippen LogP contribution in [0.5, 0.6) is 0 Å². The fourth-order valence-corrected chi connectivity index (χ4v) is 8.30. The molecule has 0 spiro atoms. The topological polar surface area (TPSA) is 116 Å². The quantitative estimate of drug-likeness (QED) is 0.488. The number of aliphatic hydroxyl groups is 1. The van der Waals surface area contributed by atoms with E-state index in [0.717, 1.165) is 12.0 Å². The molecule has 0 aromatic carbocycles. The van der Waals surface area contributed by atoms with E-state index in [4.69, 9.17) is 14.2 Å². The van der Waals surface area contributed by atoms with E-state index in [0.29, 0.717) is 19.3 Å². The molecule has 4 aliphatic rings. The maximum absolute atomic E-state index is 13.8. The van der Waals surface area contributed by atoms with Crippen LogP contribution in [0.3, 0.4) is 0 Å². The number of Topliss-reactive ketones (excluding diaryl/α,β-unsaturated/α-hetero) is 1. The number of ketones is 2. The number of fused-ring (bicyclic) bond motifs is 5. The second kappa shape index (κ2) is 10.1. The van der Waals surface area contributed by atoms with E-state index >= 15 is 0 Å². The third kappa shape index (κ3) is 4.40. The van der Waals surface area contributed by atoms with Gasteiger partial charge in [0.2, 0.25) is 5.78 Å². The minimum absolute atomic E-state index is 0.00149. The third-order valence-electron chi connectivity index (χ3n) is 9.76. The van der Waals surface area contributed by atoms with Gasteiger partial charge >= 0.3 is 11.9 Å². The second-order valence-corrected chi connectivity index (χ2v) is 11.8. The number of hydrogen-bond acceptors (Lipinski definition) is 8. The lowest BCUT2D eigenvalue weighted by atomic mass is 9.44. The van der Waals surface area contributed by atoms with Gasteiger partial charge in [-0.25, -0.2) is 4.79 Å². The first-order valence-corrected chi connectivity index (χ1v) is 13.5. The summed E-state index contributed by atoms with van der Waals surface area (Å²) in [6.45, 7) is 7.22. The minimum atomic E-state index is -1.52. The highest BCUT2D eigenvalue weighted by Crippen LogP contribution is 2.68. The molecular weight excluding hydrogens is 476 g/mol. The van der Waals surface area contributed by atoms with Crippen LogP contribution in [0, 0.1) is 34.5 Å². The molecule has 1 N–H and O–H groups in total. The Hall–Kier alpha value is -2.32. The normalized spacial score (nSPS) is 40.2. The number of methoxy groups -OCH3 is 1. The number of carbonyl (C=O) groups is 4. The lowest BCUT2D eigenvalue weighted by molar-refractivity contribution is -0.204. The van der Waals surface area contributed by atoms with Crippen molar-refractivity contribution in [1.82, 2.24) is 0 Å². The molecule has 37 heavy (non-hydrogen) atoms. The fourth-order valence-electron chi connectivity index (χ4n) is 8.30. The molecule has 4 aliphatic carbocycles. The standard InChI is InChI=1S/C29H40O8/c1-6-7-24(33)36-15-23(32)29(37-25(34)16-35-5)11-9-20-19-12-17(2)21-13-18(30)8-10-27(21,3)26(19)22(31)14-28(20,29)4/h8,10,13,17,19-20,22,26,31H,6-7,9,11-12,14-16H2,1-5H3/t17?,19-,20-,22?,26+,27-,28-,29-/m0/s1. The number of esters is 2. The first-order valence-electron chi connectivity index (χ1n) is 13.5. The molecule has 8 heteroatoms. The molecule has 204 valence electrons. The van der Waals surface area contributed by atoms with Crippen molar-refractivity contribution in [2.24, 2.45) is 34.5 Å². The Morgan fingerprint density at radius 2 is 1.89 bits per heavy atom. The van der Waals surface area contributed by atoms with Crippen molar-refractivity contribution < 1.29 is 38.5 Å². The molecule has 3 fully saturated rings. The smallest absolute Gasteiger partial charge is 0.333 e. The lowest BCUT2D eigenvalue weighted by Gasteiger charge is -2.61. The SMILES string of the molecule is CCCC(=O)OCC(=O)[C@@]1(OC(=O)COC)CC[C@H]2[C@@H]3CC(C)C4=CC(=O)C=C[C@]4(C)[C@H]3C(O)C[C@@]21C. The fraction of sp³-hybridized carbons (Fsp3) is 0.724. The number of allylic oxidation sites excluding steroid dienone is 4. The Balaban J connectivity index is 1.71. The number of carbonyl (C=O) groups excluding carboxylic acids is 4. The number of aliphatic hydroxyl groups excluding tert-OH is 1. The average Bonchev–Trinajstić information content (AvgIpc) is 3.11. The van der Waals surface area contributed by atoms with E-state index in [1.165, 1.54) is 7.11 Å². The predicted molar refractivity (Wildman–Crippen MR) is 134 cm³/mol. The number of rotatable bonds is 8. The van der Waals surface area contributed by atoms with Gasteiger partial charge in [-0.05, 0) is 62.0 Å². The maximum atomic E-state index is 13.8. The Morgan fingerprint density at radius 3 is 2.57 bits per heavy atom. The van der Waals surface area contributed by atoms with Gasteiger partial charge in [0.25, 0.3) is 0 Å². The van der Waals surface area contributed by atoms with Gasteiger partial charge in [0.15, 0.2) is 18.0 Å². The van der Waals surface area contributed by atoms with Gasteiger partial charge < -0.3 is 19.3 Å². The summed E-state index contributed by atoms with van der Waals surface area (Å²) in [5.74, 6) is -1.54. The highest BCUT2D eigenvalue weighted by Gasteiger charge is 2.70. The van der Waals surface area contributed by atoms with Crippen molar-refractivity contribution in [3.63, 3.8) is 0 Å². The van der Waals surface area contributed by atoms with Crippen molar-refractivity contribution in [2.75, 3.05) is 20.3 Å². The van der Waals surface area contributed by atoms with E-state index in [1.807, 2.05) is 19.9 Å². The van der Waals surface area contributed by atoms with Crippen LogP contribution in [0.1, 0.15) is 66.2 Å². The van der Waals surface area contributed by atoms with E-state index in [9.17, 15) is 24.3 Å². The van der Waals surface area contributed by atoms with Crippen molar-refractivity contribution in [3.8, 4) is 0 Å². The Bertz CT molecular complexity index is 1030. The Kier molecular flexibility index (Phi) is 7.56. The molecule has 0 radical (unpaired) electrons. The van der Waals surface area contributed by atoms with Gasteiger partial charge in [0.1, 0.15) is 6.61 Å². The summed E-state index contributed by atoms with van der Waals surface area (Å²) in [5.41, 5.74) is -1.78. The molecule has 2 unspecified atom stereocenters. The van der Waals surface area contributed by atoms with E-state index in [-0.39, 0.29) is 48.9 Å². The van der Waals surface area contributed by atoms with Crippen molar-refractivity contribution >= 4 is 23.5 Å². The van der Waals surface area contributed by atoms with Gasteiger partial charge in [-0.3, -0.25) is 14.4 Å². The monoisotopic (exact) mass is 516 g/mol. The average molecular weight is 517 g/mol. The molecule has 0 aliphatic heterocycles. The van der Waals surface area contributed by atoms with Gasteiger partial charge in [-0.15, -0.1) is 0 Å². The Morgan fingerprint density at radius 1 is 1.16 bits per heavy atom. The van der Waals surface area contributed by atoms with E-state index in [1.54, 1.807) is 12.2 Å². The summed E-state index contributed by atoms with van der Waals surface area (Å²) < 4.78 is 16.2. The molecule has 0 aromatic heterocycles. The third-order valence-corrected chi connectivity index (χ3v) is 9.76. The molecule has 4 rings (SSSR count). The highest BCUT2D eigenvalue weighted by atomic mass is 16.6.